The summed E-state index contributed by atoms with van der Waals surface area (Å²) in [5, 5.41) is 9.77. The molecule has 0 N–H and O–H groups in total. The Labute approximate surface area is 209 Å². The summed E-state index contributed by atoms with van der Waals surface area (Å²) in [4.78, 5) is 32.5. The number of para-hydroxylation sites is 1. The third-order valence-corrected chi connectivity index (χ3v) is 7.74. The van der Waals surface area contributed by atoms with E-state index in [4.69, 9.17) is 12.2 Å². The highest BCUT2D eigenvalue weighted by Crippen LogP contribution is 2.35. The number of rotatable bonds is 5. The van der Waals surface area contributed by atoms with E-state index < -0.39 is 0 Å². The van der Waals surface area contributed by atoms with Crippen molar-refractivity contribution in [1.82, 2.24) is 9.47 Å². The van der Waals surface area contributed by atoms with E-state index in [-0.39, 0.29) is 17.0 Å². The molecule has 2 fully saturated rings. The summed E-state index contributed by atoms with van der Waals surface area (Å²) in [7, 11) is 1.66. The number of likely N-dealkylation sites (N-methyl/N-ethyl adjacent to an activating group) is 1. The van der Waals surface area contributed by atoms with Crippen molar-refractivity contribution in [3.05, 3.63) is 62.3 Å². The van der Waals surface area contributed by atoms with E-state index in [0.717, 1.165) is 44.0 Å². The molecule has 3 heterocycles. The highest BCUT2D eigenvalue weighted by Gasteiger charge is 2.31. The minimum Gasteiger partial charge on any atom is -0.368 e. The van der Waals surface area contributed by atoms with Gasteiger partial charge in [-0.05, 0) is 37.1 Å². The average Bonchev–Trinajstić information content (AvgIpc) is 3.09. The standard InChI is InChI=1S/C25H27N5O2S2/c1-4-10-30-22(29-13-11-28(12-14-29)18-8-6-5-7-9-18)19(17(2)20(16-26)23(30)31)15-21-24(32)27(3)25(33)34-21/h5-9,15H,4,10-14H2,1-3H3/b21-15-. The number of benzene rings is 1. The first kappa shape index (κ1) is 24.0. The van der Waals surface area contributed by atoms with Crippen LogP contribution in [0.5, 0.6) is 0 Å². The van der Waals surface area contributed by atoms with Gasteiger partial charge in [0.2, 0.25) is 0 Å². The molecule has 1 aromatic heterocycles. The summed E-state index contributed by atoms with van der Waals surface area (Å²) >= 11 is 6.55. The Balaban J connectivity index is 1.81. The number of thiocarbonyl (C=S) groups is 1. The van der Waals surface area contributed by atoms with Crippen molar-refractivity contribution in [2.45, 2.75) is 26.8 Å². The number of aromatic nitrogens is 1. The molecule has 34 heavy (non-hydrogen) atoms. The van der Waals surface area contributed by atoms with Crippen molar-refractivity contribution < 1.29 is 4.79 Å². The lowest BCUT2D eigenvalue weighted by Gasteiger charge is -2.39. The molecule has 2 aliphatic heterocycles. The molecule has 2 saturated heterocycles. The van der Waals surface area contributed by atoms with Crippen LogP contribution >= 0.6 is 24.0 Å². The third-order valence-electron chi connectivity index (χ3n) is 6.26. The molecule has 4 rings (SSSR count). The molecule has 0 spiro atoms. The average molecular weight is 494 g/mol. The van der Waals surface area contributed by atoms with Crippen LogP contribution in [0, 0.1) is 18.3 Å². The maximum atomic E-state index is 13.3. The number of thioether (sulfide) groups is 1. The summed E-state index contributed by atoms with van der Waals surface area (Å²) < 4.78 is 2.21. The summed E-state index contributed by atoms with van der Waals surface area (Å²) in [6.45, 7) is 7.35. The second-order valence-corrected chi connectivity index (χ2v) is 10.0. The van der Waals surface area contributed by atoms with Gasteiger partial charge in [-0.25, -0.2) is 0 Å². The van der Waals surface area contributed by atoms with Crippen molar-refractivity contribution in [3.8, 4) is 6.07 Å². The number of nitrogens with zero attached hydrogens (tertiary/aromatic N) is 5. The highest BCUT2D eigenvalue weighted by atomic mass is 32.2. The molecule has 0 saturated carbocycles. The number of hydrogen-bond acceptors (Lipinski definition) is 7. The van der Waals surface area contributed by atoms with Crippen molar-refractivity contribution >= 4 is 51.8 Å². The summed E-state index contributed by atoms with van der Waals surface area (Å²) in [6, 6.07) is 12.4. The van der Waals surface area contributed by atoms with Crippen LogP contribution < -0.4 is 15.4 Å². The predicted molar refractivity (Wildman–Crippen MR) is 142 cm³/mol. The number of piperazine rings is 1. The van der Waals surface area contributed by atoms with Gasteiger partial charge in [-0.3, -0.25) is 19.1 Å². The normalized spacial score (nSPS) is 17.6. The molecule has 0 aliphatic carbocycles. The molecule has 1 aromatic carbocycles. The number of hydrogen-bond donors (Lipinski definition) is 0. The van der Waals surface area contributed by atoms with Gasteiger partial charge in [-0.1, -0.05) is 49.1 Å². The van der Waals surface area contributed by atoms with E-state index in [9.17, 15) is 14.9 Å². The van der Waals surface area contributed by atoms with Crippen LogP contribution in [0.15, 0.2) is 40.0 Å². The summed E-state index contributed by atoms with van der Waals surface area (Å²) in [5.41, 5.74) is 2.37. The maximum absolute atomic E-state index is 13.3. The van der Waals surface area contributed by atoms with E-state index in [1.807, 2.05) is 31.2 Å². The van der Waals surface area contributed by atoms with Gasteiger partial charge in [-0.15, -0.1) is 0 Å². The van der Waals surface area contributed by atoms with E-state index in [1.165, 1.54) is 22.3 Å². The largest absolute Gasteiger partial charge is 0.368 e. The van der Waals surface area contributed by atoms with E-state index in [0.29, 0.717) is 21.3 Å². The Morgan fingerprint density at radius 3 is 2.32 bits per heavy atom. The molecule has 9 heteroatoms. The fourth-order valence-corrected chi connectivity index (χ4v) is 5.57. The molecule has 1 amide bonds. The number of anilines is 2. The van der Waals surface area contributed by atoms with Gasteiger partial charge in [0.05, 0.1) is 4.91 Å². The van der Waals surface area contributed by atoms with Crippen molar-refractivity contribution in [3.63, 3.8) is 0 Å². The Hall–Kier alpha value is -3.09. The first-order valence-corrected chi connectivity index (χ1v) is 12.5. The zero-order valence-corrected chi connectivity index (χ0v) is 21.2. The van der Waals surface area contributed by atoms with Crippen LogP contribution in [0.1, 0.15) is 30.0 Å². The lowest BCUT2D eigenvalue weighted by Crippen LogP contribution is -2.48. The zero-order chi connectivity index (χ0) is 24.4. The van der Waals surface area contributed by atoms with Crippen molar-refractivity contribution in [1.29, 1.82) is 5.26 Å². The molecule has 0 radical (unpaired) electrons. The van der Waals surface area contributed by atoms with Crippen LogP contribution in [-0.4, -0.2) is 52.9 Å². The van der Waals surface area contributed by atoms with Gasteiger partial charge >= 0.3 is 0 Å². The van der Waals surface area contributed by atoms with Crippen LogP contribution in [-0.2, 0) is 11.3 Å². The lowest BCUT2D eigenvalue weighted by molar-refractivity contribution is -0.121. The molecule has 7 nitrogen and oxygen atoms in total. The predicted octanol–water partition coefficient (Wildman–Crippen LogP) is 3.60. The van der Waals surface area contributed by atoms with Gasteiger partial charge in [0.15, 0.2) is 0 Å². The number of nitriles is 1. The number of pyridine rings is 1. The number of carbonyl (C=O) groups is 1. The van der Waals surface area contributed by atoms with Gasteiger partial charge in [0, 0.05) is 51.0 Å². The van der Waals surface area contributed by atoms with Crippen molar-refractivity contribution in [2.75, 3.05) is 43.0 Å². The molecular formula is C25H27N5O2S2. The monoisotopic (exact) mass is 493 g/mol. The Morgan fingerprint density at radius 1 is 1.12 bits per heavy atom. The highest BCUT2D eigenvalue weighted by molar-refractivity contribution is 8.26. The Bertz CT molecular complexity index is 1250. The maximum Gasteiger partial charge on any atom is 0.270 e. The molecule has 0 bridgehead atoms. The first-order valence-electron chi connectivity index (χ1n) is 11.3. The van der Waals surface area contributed by atoms with Crippen LogP contribution in [0.25, 0.3) is 6.08 Å². The van der Waals surface area contributed by atoms with Gasteiger partial charge in [0.1, 0.15) is 21.8 Å². The Kier molecular flexibility index (Phi) is 7.10. The SMILES string of the molecule is CCCn1c(N2CCN(c3ccccc3)CC2)c(/C=C2\SC(=S)N(C)C2=O)c(C)c(C#N)c1=O. The van der Waals surface area contributed by atoms with Crippen LogP contribution in [0.2, 0.25) is 0 Å². The van der Waals surface area contributed by atoms with E-state index >= 15 is 0 Å². The summed E-state index contributed by atoms with van der Waals surface area (Å²) in [5.74, 6) is 0.610. The van der Waals surface area contributed by atoms with Crippen LogP contribution in [0.4, 0.5) is 11.5 Å². The number of carbonyl (C=O) groups excluding carboxylic acids is 1. The van der Waals surface area contributed by atoms with E-state index in [1.54, 1.807) is 18.5 Å². The smallest absolute Gasteiger partial charge is 0.270 e. The fourth-order valence-electron chi connectivity index (χ4n) is 4.41. The fraction of sp³-hybridized carbons (Fsp3) is 0.360. The van der Waals surface area contributed by atoms with E-state index in [2.05, 4.69) is 28.0 Å². The molecule has 0 unspecified atom stereocenters. The van der Waals surface area contributed by atoms with Gasteiger partial charge < -0.3 is 9.80 Å². The zero-order valence-electron chi connectivity index (χ0n) is 19.6. The second kappa shape index (κ2) is 10.0. The van der Waals surface area contributed by atoms with Crippen LogP contribution in [0.3, 0.4) is 0 Å². The molecule has 176 valence electrons. The molecule has 2 aromatic rings. The topological polar surface area (TPSA) is 72.6 Å². The lowest BCUT2D eigenvalue weighted by atomic mass is 10.0. The number of amides is 1. The first-order chi connectivity index (χ1) is 16.4. The minimum atomic E-state index is -0.275. The molecule has 2 aliphatic rings. The summed E-state index contributed by atoms with van der Waals surface area (Å²) in [6.07, 6.45) is 2.56. The van der Waals surface area contributed by atoms with Gasteiger partial charge in [-0.2, -0.15) is 5.26 Å². The second-order valence-electron chi connectivity index (χ2n) is 8.36. The molecular weight excluding hydrogens is 466 g/mol. The quantitative estimate of drug-likeness (QED) is 0.466. The van der Waals surface area contributed by atoms with Crippen molar-refractivity contribution in [2.24, 2.45) is 0 Å². The minimum absolute atomic E-state index is 0.123. The Morgan fingerprint density at radius 2 is 1.76 bits per heavy atom. The third kappa shape index (κ3) is 4.36. The molecule has 0 atom stereocenters. The van der Waals surface area contributed by atoms with Gasteiger partial charge in [0.25, 0.3) is 11.5 Å².